The maximum atomic E-state index is 12.7. The number of rotatable bonds is 8. The first-order valence-electron chi connectivity index (χ1n) is 7.87. The predicted octanol–water partition coefficient (Wildman–Crippen LogP) is 0.998. The van der Waals surface area contributed by atoms with Crippen molar-refractivity contribution >= 4 is 10.0 Å². The van der Waals surface area contributed by atoms with Gasteiger partial charge in [0.05, 0.1) is 25.7 Å². The molecule has 0 unspecified atom stereocenters. The van der Waals surface area contributed by atoms with E-state index in [2.05, 4.69) is 10.0 Å². The first-order valence-corrected chi connectivity index (χ1v) is 9.35. The van der Waals surface area contributed by atoms with Crippen molar-refractivity contribution in [2.75, 3.05) is 47.6 Å². The Morgan fingerprint density at radius 2 is 1.67 bits per heavy atom. The SMILES string of the molecule is COCC1(CNS(=O)(=O)c2cc(OC)cc(OC)c2)CCNCC1. The predicted molar refractivity (Wildman–Crippen MR) is 91.1 cm³/mol. The van der Waals surface area contributed by atoms with Crippen LogP contribution in [-0.4, -0.2) is 56.0 Å². The molecule has 1 heterocycles. The van der Waals surface area contributed by atoms with Gasteiger partial charge in [-0.25, -0.2) is 13.1 Å². The van der Waals surface area contributed by atoms with Crippen molar-refractivity contribution in [1.29, 1.82) is 0 Å². The summed E-state index contributed by atoms with van der Waals surface area (Å²) in [5.74, 6) is 0.867. The van der Waals surface area contributed by atoms with Gasteiger partial charge in [0.1, 0.15) is 11.5 Å². The normalized spacial score (nSPS) is 17.5. The molecule has 1 aromatic carbocycles. The highest BCUT2D eigenvalue weighted by atomic mass is 32.2. The molecular formula is C16H26N2O5S. The van der Waals surface area contributed by atoms with E-state index >= 15 is 0 Å². The summed E-state index contributed by atoms with van der Waals surface area (Å²) < 4.78 is 43.7. The van der Waals surface area contributed by atoms with Crippen molar-refractivity contribution in [3.8, 4) is 11.5 Å². The third-order valence-corrected chi connectivity index (χ3v) is 5.77. The molecular weight excluding hydrogens is 332 g/mol. The van der Waals surface area contributed by atoms with E-state index in [0.29, 0.717) is 24.7 Å². The minimum Gasteiger partial charge on any atom is -0.497 e. The molecule has 1 fully saturated rings. The highest BCUT2D eigenvalue weighted by Crippen LogP contribution is 2.30. The van der Waals surface area contributed by atoms with Gasteiger partial charge in [0, 0.05) is 37.3 Å². The van der Waals surface area contributed by atoms with E-state index < -0.39 is 10.0 Å². The van der Waals surface area contributed by atoms with Crippen LogP contribution in [0.4, 0.5) is 0 Å². The van der Waals surface area contributed by atoms with Crippen LogP contribution in [0, 0.1) is 5.41 Å². The first-order chi connectivity index (χ1) is 11.4. The van der Waals surface area contributed by atoms with Gasteiger partial charge in [0.15, 0.2) is 0 Å². The fraction of sp³-hybridized carbons (Fsp3) is 0.625. The number of methoxy groups -OCH3 is 3. The second-order valence-corrected chi connectivity index (χ2v) is 7.82. The highest BCUT2D eigenvalue weighted by Gasteiger charge is 2.33. The lowest BCUT2D eigenvalue weighted by Crippen LogP contribution is -2.47. The molecule has 1 aromatic rings. The van der Waals surface area contributed by atoms with Crippen LogP contribution in [-0.2, 0) is 14.8 Å². The molecule has 0 atom stereocenters. The Balaban J connectivity index is 2.18. The summed E-state index contributed by atoms with van der Waals surface area (Å²) in [6.45, 7) is 2.58. The molecule has 0 aromatic heterocycles. The number of sulfonamides is 1. The number of piperidine rings is 1. The third kappa shape index (κ3) is 4.60. The minimum atomic E-state index is -3.67. The molecule has 0 aliphatic carbocycles. The summed E-state index contributed by atoms with van der Waals surface area (Å²) in [6, 6.07) is 4.60. The van der Waals surface area contributed by atoms with E-state index in [1.807, 2.05) is 0 Å². The molecule has 24 heavy (non-hydrogen) atoms. The Morgan fingerprint density at radius 1 is 1.08 bits per heavy atom. The Kier molecular flexibility index (Phi) is 6.45. The van der Waals surface area contributed by atoms with E-state index in [4.69, 9.17) is 14.2 Å². The number of benzene rings is 1. The first kappa shape index (κ1) is 19.0. The molecule has 0 radical (unpaired) electrons. The van der Waals surface area contributed by atoms with Crippen molar-refractivity contribution in [3.63, 3.8) is 0 Å². The molecule has 0 saturated carbocycles. The van der Waals surface area contributed by atoms with Crippen LogP contribution < -0.4 is 19.5 Å². The maximum absolute atomic E-state index is 12.7. The fourth-order valence-electron chi connectivity index (χ4n) is 2.90. The number of hydrogen-bond acceptors (Lipinski definition) is 6. The van der Waals surface area contributed by atoms with E-state index in [1.165, 1.54) is 26.4 Å². The van der Waals surface area contributed by atoms with Gasteiger partial charge >= 0.3 is 0 Å². The molecule has 0 bridgehead atoms. The van der Waals surface area contributed by atoms with Gasteiger partial charge in [0.2, 0.25) is 10.0 Å². The zero-order valence-electron chi connectivity index (χ0n) is 14.4. The lowest BCUT2D eigenvalue weighted by molar-refractivity contribution is 0.0577. The van der Waals surface area contributed by atoms with Gasteiger partial charge in [-0.15, -0.1) is 0 Å². The number of ether oxygens (including phenoxy) is 3. The van der Waals surface area contributed by atoms with Crippen molar-refractivity contribution in [1.82, 2.24) is 10.0 Å². The van der Waals surface area contributed by atoms with Crippen LogP contribution in [0.3, 0.4) is 0 Å². The van der Waals surface area contributed by atoms with Crippen LogP contribution >= 0.6 is 0 Å². The fourth-order valence-corrected chi connectivity index (χ4v) is 4.11. The summed E-state index contributed by atoms with van der Waals surface area (Å²) in [7, 11) is 0.951. The molecule has 0 amide bonds. The maximum Gasteiger partial charge on any atom is 0.240 e. The largest absolute Gasteiger partial charge is 0.497 e. The summed E-state index contributed by atoms with van der Waals surface area (Å²) in [4.78, 5) is 0.125. The minimum absolute atomic E-state index is 0.125. The molecule has 7 nitrogen and oxygen atoms in total. The number of nitrogens with one attached hydrogen (secondary N) is 2. The van der Waals surface area contributed by atoms with E-state index in [0.717, 1.165) is 25.9 Å². The lowest BCUT2D eigenvalue weighted by Gasteiger charge is -2.37. The summed E-state index contributed by atoms with van der Waals surface area (Å²) >= 11 is 0. The smallest absolute Gasteiger partial charge is 0.240 e. The zero-order chi connectivity index (χ0) is 17.6. The molecule has 136 valence electrons. The average molecular weight is 358 g/mol. The molecule has 8 heteroatoms. The van der Waals surface area contributed by atoms with E-state index in [1.54, 1.807) is 13.2 Å². The van der Waals surface area contributed by atoms with Crippen LogP contribution in [0.5, 0.6) is 11.5 Å². The zero-order valence-corrected chi connectivity index (χ0v) is 15.2. The standard InChI is InChI=1S/C16H26N2O5S/c1-21-12-16(4-6-17-7-5-16)11-18-24(19,20)15-9-13(22-2)8-14(10-15)23-3/h8-10,17-18H,4-7,11-12H2,1-3H3. The van der Waals surface area contributed by atoms with Gasteiger partial charge in [0.25, 0.3) is 0 Å². The Hall–Kier alpha value is -1.35. The molecule has 1 saturated heterocycles. The van der Waals surface area contributed by atoms with Gasteiger partial charge in [-0.05, 0) is 25.9 Å². The second kappa shape index (κ2) is 8.15. The van der Waals surface area contributed by atoms with Crippen LogP contribution in [0.15, 0.2) is 23.1 Å². The molecule has 1 aliphatic heterocycles. The average Bonchev–Trinajstić information content (AvgIpc) is 2.61. The van der Waals surface area contributed by atoms with Crippen molar-refractivity contribution in [2.45, 2.75) is 17.7 Å². The van der Waals surface area contributed by atoms with Crippen LogP contribution in [0.1, 0.15) is 12.8 Å². The van der Waals surface area contributed by atoms with Crippen molar-refractivity contribution in [3.05, 3.63) is 18.2 Å². The van der Waals surface area contributed by atoms with Gasteiger partial charge in [-0.2, -0.15) is 0 Å². The van der Waals surface area contributed by atoms with Crippen molar-refractivity contribution < 1.29 is 22.6 Å². The van der Waals surface area contributed by atoms with Crippen molar-refractivity contribution in [2.24, 2.45) is 5.41 Å². The molecule has 0 spiro atoms. The van der Waals surface area contributed by atoms with Gasteiger partial charge in [-0.1, -0.05) is 0 Å². The third-order valence-electron chi connectivity index (χ3n) is 4.39. The van der Waals surface area contributed by atoms with E-state index in [9.17, 15) is 8.42 Å². The summed E-state index contributed by atoms with van der Waals surface area (Å²) in [6.07, 6.45) is 1.73. The number of hydrogen-bond donors (Lipinski definition) is 2. The monoisotopic (exact) mass is 358 g/mol. The summed E-state index contributed by atoms with van der Waals surface area (Å²) in [5, 5.41) is 3.29. The van der Waals surface area contributed by atoms with Gasteiger partial charge in [-0.3, -0.25) is 0 Å². The van der Waals surface area contributed by atoms with E-state index in [-0.39, 0.29) is 10.3 Å². The Morgan fingerprint density at radius 3 is 2.17 bits per heavy atom. The Labute approximate surface area is 143 Å². The van der Waals surface area contributed by atoms with Crippen LogP contribution in [0.2, 0.25) is 0 Å². The molecule has 2 rings (SSSR count). The van der Waals surface area contributed by atoms with Crippen LogP contribution in [0.25, 0.3) is 0 Å². The molecule has 1 aliphatic rings. The lowest BCUT2D eigenvalue weighted by atomic mass is 9.80. The molecule has 2 N–H and O–H groups in total. The second-order valence-electron chi connectivity index (χ2n) is 6.06. The highest BCUT2D eigenvalue weighted by molar-refractivity contribution is 7.89. The summed E-state index contributed by atoms with van der Waals surface area (Å²) in [5.41, 5.74) is -0.185. The quantitative estimate of drug-likeness (QED) is 0.721. The Bertz CT molecular complexity index is 614. The topological polar surface area (TPSA) is 85.9 Å². The van der Waals surface area contributed by atoms with Gasteiger partial charge < -0.3 is 19.5 Å².